The highest BCUT2D eigenvalue weighted by Crippen LogP contribution is 2.31. The average Bonchev–Trinajstić information content (AvgIpc) is 2.59. The summed E-state index contributed by atoms with van der Waals surface area (Å²) in [5.74, 6) is -0.672. The minimum Gasteiger partial charge on any atom is -0.325 e. The molecule has 0 unspecified atom stereocenters. The van der Waals surface area contributed by atoms with Crippen molar-refractivity contribution >= 4 is 21.6 Å². The number of nitrogens with zero attached hydrogens (tertiary/aromatic N) is 1. The SMILES string of the molecule is CS(=O)(=O)N1Cc2ccccc2C[C@H]1C(=O)Nc1cccc(C(F)(F)F)c1. The normalized spacial score (nSPS) is 18.0. The highest BCUT2D eigenvalue weighted by molar-refractivity contribution is 7.88. The molecular weight excluding hydrogens is 381 g/mol. The summed E-state index contributed by atoms with van der Waals surface area (Å²) in [6, 6.07) is 10.4. The van der Waals surface area contributed by atoms with Crippen LogP contribution in [0.4, 0.5) is 18.9 Å². The summed E-state index contributed by atoms with van der Waals surface area (Å²) in [5, 5.41) is 2.41. The minimum absolute atomic E-state index is 0.0374. The van der Waals surface area contributed by atoms with E-state index in [-0.39, 0.29) is 18.7 Å². The second-order valence-corrected chi connectivity index (χ2v) is 8.30. The number of anilines is 1. The van der Waals surface area contributed by atoms with Gasteiger partial charge in [0.15, 0.2) is 0 Å². The van der Waals surface area contributed by atoms with Crippen molar-refractivity contribution in [1.29, 1.82) is 0 Å². The molecule has 1 amide bonds. The Kier molecular flexibility index (Phi) is 5.00. The molecule has 27 heavy (non-hydrogen) atoms. The van der Waals surface area contributed by atoms with Gasteiger partial charge in [0.25, 0.3) is 0 Å². The third-order valence-electron chi connectivity index (χ3n) is 4.39. The molecule has 1 atom stereocenters. The molecule has 9 heteroatoms. The molecule has 0 fully saturated rings. The Labute approximate surface area is 154 Å². The number of fused-ring (bicyclic) bond motifs is 1. The number of sulfonamides is 1. The summed E-state index contributed by atoms with van der Waals surface area (Å²) >= 11 is 0. The largest absolute Gasteiger partial charge is 0.416 e. The van der Waals surface area contributed by atoms with Gasteiger partial charge in [-0.1, -0.05) is 30.3 Å². The quantitative estimate of drug-likeness (QED) is 0.864. The van der Waals surface area contributed by atoms with Crippen LogP contribution in [0.3, 0.4) is 0 Å². The number of benzene rings is 2. The van der Waals surface area contributed by atoms with E-state index in [2.05, 4.69) is 5.32 Å². The topological polar surface area (TPSA) is 66.5 Å². The van der Waals surface area contributed by atoms with Gasteiger partial charge in [-0.25, -0.2) is 8.42 Å². The molecule has 1 aliphatic heterocycles. The van der Waals surface area contributed by atoms with Gasteiger partial charge in [0, 0.05) is 12.2 Å². The van der Waals surface area contributed by atoms with Crippen LogP contribution in [-0.2, 0) is 34.0 Å². The molecule has 0 bridgehead atoms. The lowest BCUT2D eigenvalue weighted by molar-refractivity contribution is -0.137. The van der Waals surface area contributed by atoms with E-state index in [4.69, 9.17) is 0 Å². The number of rotatable bonds is 3. The highest BCUT2D eigenvalue weighted by Gasteiger charge is 2.37. The number of amides is 1. The maximum absolute atomic E-state index is 12.8. The zero-order chi connectivity index (χ0) is 19.8. The van der Waals surface area contributed by atoms with Crippen LogP contribution in [0.25, 0.3) is 0 Å². The molecule has 144 valence electrons. The van der Waals surface area contributed by atoms with Crippen molar-refractivity contribution in [2.24, 2.45) is 0 Å². The first-order chi connectivity index (χ1) is 12.6. The summed E-state index contributed by atoms with van der Waals surface area (Å²) in [4.78, 5) is 12.7. The van der Waals surface area contributed by atoms with Gasteiger partial charge in [-0.15, -0.1) is 0 Å². The van der Waals surface area contributed by atoms with Crippen molar-refractivity contribution in [3.05, 3.63) is 65.2 Å². The third kappa shape index (κ3) is 4.30. The van der Waals surface area contributed by atoms with Crippen molar-refractivity contribution in [1.82, 2.24) is 4.31 Å². The lowest BCUT2D eigenvalue weighted by Gasteiger charge is -2.34. The van der Waals surface area contributed by atoms with Gasteiger partial charge in [0.1, 0.15) is 6.04 Å². The van der Waals surface area contributed by atoms with Crippen LogP contribution in [-0.4, -0.2) is 30.9 Å². The molecule has 0 saturated heterocycles. The molecule has 0 aliphatic carbocycles. The first kappa shape index (κ1) is 19.4. The molecule has 2 aromatic rings. The van der Waals surface area contributed by atoms with E-state index in [0.29, 0.717) is 0 Å². The standard InChI is InChI=1S/C18H17F3N2O3S/c1-27(25,26)23-11-13-6-3-2-5-12(13)9-16(23)17(24)22-15-8-4-7-14(10-15)18(19,20)21/h2-8,10,16H,9,11H2,1H3,(H,22,24)/t16-/m0/s1. The Balaban J connectivity index is 1.88. The van der Waals surface area contributed by atoms with E-state index >= 15 is 0 Å². The second-order valence-electron chi connectivity index (χ2n) is 6.36. The van der Waals surface area contributed by atoms with E-state index in [0.717, 1.165) is 33.8 Å². The van der Waals surface area contributed by atoms with E-state index in [1.807, 2.05) is 0 Å². The van der Waals surface area contributed by atoms with Crippen LogP contribution in [0.5, 0.6) is 0 Å². The third-order valence-corrected chi connectivity index (χ3v) is 5.63. The molecule has 1 aliphatic rings. The van der Waals surface area contributed by atoms with Gasteiger partial charge in [0.2, 0.25) is 15.9 Å². The maximum atomic E-state index is 12.8. The molecule has 0 spiro atoms. The fraction of sp³-hybridized carbons (Fsp3) is 0.278. The van der Waals surface area contributed by atoms with Crippen molar-refractivity contribution in [3.8, 4) is 0 Å². The van der Waals surface area contributed by atoms with E-state index in [9.17, 15) is 26.4 Å². The molecule has 0 saturated carbocycles. The van der Waals surface area contributed by atoms with Gasteiger partial charge >= 0.3 is 6.18 Å². The number of halogens is 3. The fourth-order valence-electron chi connectivity index (χ4n) is 3.07. The molecule has 0 radical (unpaired) electrons. The van der Waals surface area contributed by atoms with Crippen molar-refractivity contribution in [3.63, 3.8) is 0 Å². The van der Waals surface area contributed by atoms with Crippen LogP contribution in [0.15, 0.2) is 48.5 Å². The van der Waals surface area contributed by atoms with Crippen LogP contribution in [0.1, 0.15) is 16.7 Å². The molecule has 5 nitrogen and oxygen atoms in total. The summed E-state index contributed by atoms with van der Waals surface area (Å²) in [5.41, 5.74) is 0.698. The first-order valence-electron chi connectivity index (χ1n) is 8.07. The van der Waals surface area contributed by atoms with Crippen LogP contribution in [0.2, 0.25) is 0 Å². The molecule has 2 aromatic carbocycles. The van der Waals surface area contributed by atoms with Gasteiger partial charge in [-0.3, -0.25) is 4.79 Å². The predicted molar refractivity (Wildman–Crippen MR) is 94.4 cm³/mol. The van der Waals surface area contributed by atoms with Gasteiger partial charge in [0.05, 0.1) is 11.8 Å². The van der Waals surface area contributed by atoms with E-state index in [1.165, 1.54) is 12.1 Å². The van der Waals surface area contributed by atoms with Gasteiger partial charge in [-0.05, 0) is 35.7 Å². The number of hydrogen-bond donors (Lipinski definition) is 1. The van der Waals surface area contributed by atoms with Crippen molar-refractivity contribution in [2.45, 2.75) is 25.2 Å². The van der Waals surface area contributed by atoms with Crippen LogP contribution >= 0.6 is 0 Å². The summed E-state index contributed by atoms with van der Waals surface area (Å²) in [7, 11) is -3.69. The van der Waals surface area contributed by atoms with Gasteiger partial charge in [-0.2, -0.15) is 17.5 Å². The Morgan fingerprint density at radius 3 is 2.41 bits per heavy atom. The summed E-state index contributed by atoms with van der Waals surface area (Å²) in [6.45, 7) is 0.0374. The van der Waals surface area contributed by atoms with Crippen LogP contribution in [0, 0.1) is 0 Å². The fourth-order valence-corrected chi connectivity index (χ4v) is 4.08. The zero-order valence-electron chi connectivity index (χ0n) is 14.3. The predicted octanol–water partition coefficient (Wildman–Crippen LogP) is 3.03. The highest BCUT2D eigenvalue weighted by atomic mass is 32.2. The molecular formula is C18H17F3N2O3S. The van der Waals surface area contributed by atoms with Crippen molar-refractivity contribution < 1.29 is 26.4 Å². The summed E-state index contributed by atoms with van der Waals surface area (Å²) in [6.07, 6.45) is -3.39. The molecule has 1 heterocycles. The Morgan fingerprint density at radius 1 is 1.11 bits per heavy atom. The number of carbonyl (C=O) groups is 1. The van der Waals surface area contributed by atoms with E-state index < -0.39 is 33.7 Å². The minimum atomic E-state index is -4.54. The van der Waals surface area contributed by atoms with E-state index in [1.54, 1.807) is 24.3 Å². The monoisotopic (exact) mass is 398 g/mol. The lowest BCUT2D eigenvalue weighted by Crippen LogP contribution is -2.50. The summed E-state index contributed by atoms with van der Waals surface area (Å²) < 4.78 is 63.9. The van der Waals surface area contributed by atoms with Gasteiger partial charge < -0.3 is 5.32 Å². The maximum Gasteiger partial charge on any atom is 0.416 e. The molecule has 0 aromatic heterocycles. The Hall–Kier alpha value is -2.39. The molecule has 3 rings (SSSR count). The average molecular weight is 398 g/mol. The number of nitrogens with one attached hydrogen (secondary N) is 1. The number of hydrogen-bond acceptors (Lipinski definition) is 3. The molecule has 1 N–H and O–H groups in total. The second kappa shape index (κ2) is 6.97. The number of carbonyl (C=O) groups excluding carboxylic acids is 1. The first-order valence-corrected chi connectivity index (χ1v) is 9.92. The Bertz CT molecular complexity index is 974. The van der Waals surface area contributed by atoms with Crippen molar-refractivity contribution in [2.75, 3.05) is 11.6 Å². The Morgan fingerprint density at radius 2 is 1.78 bits per heavy atom. The number of alkyl halides is 3. The van der Waals surface area contributed by atoms with Crippen LogP contribution < -0.4 is 5.32 Å². The lowest BCUT2D eigenvalue weighted by atomic mass is 9.95. The zero-order valence-corrected chi connectivity index (χ0v) is 15.1. The smallest absolute Gasteiger partial charge is 0.325 e.